The molecule has 0 aromatic heterocycles. The molecule has 0 saturated heterocycles. The van der Waals surface area contributed by atoms with E-state index < -0.39 is 0 Å². The maximum absolute atomic E-state index is 2.82. The van der Waals surface area contributed by atoms with Crippen LogP contribution < -0.4 is 20.6 Å². The van der Waals surface area contributed by atoms with Gasteiger partial charge in [-0.15, -0.1) is 0 Å². The summed E-state index contributed by atoms with van der Waals surface area (Å²) < 4.78 is 0. The van der Waals surface area contributed by atoms with E-state index in [4.69, 9.17) is 0 Å². The van der Waals surface area contributed by atoms with Crippen molar-refractivity contribution in [2.24, 2.45) is 0 Å². The molecule has 3 heterocycles. The van der Waals surface area contributed by atoms with Gasteiger partial charge in [0.25, 0.3) is 0 Å². The Kier molecular flexibility index (Phi) is 8.90. The molecule has 346 valence electrons. The molecular formula is C67H59BN2S. The summed E-state index contributed by atoms with van der Waals surface area (Å²) in [5.74, 6) is 0. The molecule has 2 nitrogen and oxygen atoms in total. The van der Waals surface area contributed by atoms with Crippen molar-refractivity contribution in [2.75, 3.05) is 9.71 Å². The number of hydrogen-bond acceptors (Lipinski definition) is 3. The Hall–Kier alpha value is -6.75. The van der Waals surface area contributed by atoms with Crippen LogP contribution in [-0.2, 0) is 21.7 Å². The van der Waals surface area contributed by atoms with Crippen molar-refractivity contribution in [2.45, 2.75) is 107 Å². The molecule has 0 fully saturated rings. The standard InChI is InChI=1S/C67H59BN2S/c1-40-35-51-52(65(4,5)34-33-64(51,2)3)37-56(40)69-57-38-53-59(71-58-30-20-18-28-50(58)66(53,6)7)39-54(57)68-61-48(36-42-23-13-14-25-44(42)63(61)69)47-32-31-46-45-26-15-17-27-49(45)67(8,9)60(46)62(47)70(68)55-29-19-16-24-43(55)41-21-11-10-12-22-41/h10-32,35-39H,33-34H2,1-9H3. The molecule has 9 aromatic carbocycles. The van der Waals surface area contributed by atoms with Gasteiger partial charge in [-0.25, -0.2) is 0 Å². The van der Waals surface area contributed by atoms with Crippen LogP contribution in [0.5, 0.6) is 0 Å². The minimum absolute atomic E-state index is 0.0342. The predicted octanol–water partition coefficient (Wildman–Crippen LogP) is 17.0. The van der Waals surface area contributed by atoms with Gasteiger partial charge in [-0.3, -0.25) is 0 Å². The quantitative estimate of drug-likeness (QED) is 0.163. The summed E-state index contributed by atoms with van der Waals surface area (Å²) in [6, 6.07) is 65.8. The number of fused-ring (bicyclic) bond motifs is 13. The molecule has 2 aliphatic carbocycles. The number of anilines is 5. The number of aryl methyl sites for hydroxylation is 1. The van der Waals surface area contributed by atoms with E-state index in [1.165, 1.54) is 139 Å². The van der Waals surface area contributed by atoms with Gasteiger partial charge in [0.1, 0.15) is 0 Å². The molecule has 0 spiro atoms. The molecule has 0 bridgehead atoms. The number of para-hydroxylation sites is 1. The van der Waals surface area contributed by atoms with Crippen molar-refractivity contribution in [3.63, 3.8) is 0 Å². The minimum Gasteiger partial charge on any atom is -0.376 e. The number of hydrogen-bond donors (Lipinski definition) is 0. The zero-order valence-corrected chi connectivity index (χ0v) is 43.3. The first kappa shape index (κ1) is 43.1. The average molecular weight is 935 g/mol. The summed E-state index contributed by atoms with van der Waals surface area (Å²) >= 11 is 1.95. The molecule has 9 aromatic rings. The summed E-state index contributed by atoms with van der Waals surface area (Å²) in [5, 5.41) is 2.55. The van der Waals surface area contributed by atoms with Crippen LogP contribution in [0.2, 0.25) is 0 Å². The first-order valence-electron chi connectivity index (χ1n) is 25.8. The third-order valence-corrected chi connectivity index (χ3v) is 19.0. The maximum Gasteiger partial charge on any atom is 0.333 e. The summed E-state index contributed by atoms with van der Waals surface area (Å²) in [4.78, 5) is 8.26. The molecule has 0 saturated carbocycles. The Morgan fingerprint density at radius 2 is 1.08 bits per heavy atom. The zero-order chi connectivity index (χ0) is 48.5. The van der Waals surface area contributed by atoms with Gasteiger partial charge in [-0.1, -0.05) is 201 Å². The fourth-order valence-corrected chi connectivity index (χ4v) is 15.4. The van der Waals surface area contributed by atoms with Gasteiger partial charge in [0.15, 0.2) is 0 Å². The van der Waals surface area contributed by atoms with E-state index in [1.807, 2.05) is 11.8 Å². The Morgan fingerprint density at radius 3 is 1.87 bits per heavy atom. The molecular weight excluding hydrogens is 876 g/mol. The van der Waals surface area contributed by atoms with Crippen LogP contribution >= 0.6 is 11.8 Å². The first-order chi connectivity index (χ1) is 34.1. The fourth-order valence-electron chi connectivity index (χ4n) is 14.0. The number of benzene rings is 9. The van der Waals surface area contributed by atoms with Gasteiger partial charge in [-0.05, 0) is 145 Å². The molecule has 5 aliphatic rings. The third-order valence-electron chi connectivity index (χ3n) is 17.8. The van der Waals surface area contributed by atoms with Gasteiger partial charge in [0.05, 0.1) is 5.69 Å². The van der Waals surface area contributed by atoms with Crippen LogP contribution in [0.15, 0.2) is 180 Å². The monoisotopic (exact) mass is 934 g/mol. The van der Waals surface area contributed by atoms with E-state index in [9.17, 15) is 0 Å². The lowest BCUT2D eigenvalue weighted by Gasteiger charge is -2.49. The van der Waals surface area contributed by atoms with Gasteiger partial charge >= 0.3 is 6.85 Å². The SMILES string of the molecule is Cc1cc2c(cc1N1c3cc4c(cc3B3c5c(cc6ccccc6c51)-c1ccc5c(c1N3c1ccccc1-c1ccccc1)C(C)(C)c1ccccc1-5)Sc1ccccc1C4(C)C)C(C)(C)CCC2(C)C. The van der Waals surface area contributed by atoms with E-state index in [0.717, 1.165) is 6.42 Å². The second-order valence-corrected chi connectivity index (χ2v) is 24.6. The molecule has 0 unspecified atom stereocenters. The van der Waals surface area contributed by atoms with Crippen LogP contribution in [0.3, 0.4) is 0 Å². The molecule has 0 atom stereocenters. The minimum atomic E-state index is -0.266. The highest BCUT2D eigenvalue weighted by Crippen LogP contribution is 2.60. The topological polar surface area (TPSA) is 6.48 Å². The lowest BCUT2D eigenvalue weighted by atomic mass is 9.42. The second kappa shape index (κ2) is 14.7. The summed E-state index contributed by atoms with van der Waals surface area (Å²) in [7, 11) is 0. The lowest BCUT2D eigenvalue weighted by molar-refractivity contribution is 0.332. The maximum atomic E-state index is 2.82. The second-order valence-electron chi connectivity index (χ2n) is 23.5. The van der Waals surface area contributed by atoms with Gasteiger partial charge < -0.3 is 9.71 Å². The van der Waals surface area contributed by atoms with Crippen molar-refractivity contribution in [1.82, 2.24) is 0 Å². The lowest BCUT2D eigenvalue weighted by Crippen LogP contribution is -2.62. The van der Waals surface area contributed by atoms with Crippen LogP contribution in [-0.4, -0.2) is 6.85 Å². The van der Waals surface area contributed by atoms with Gasteiger partial charge in [0.2, 0.25) is 0 Å². The van der Waals surface area contributed by atoms with E-state index in [0.29, 0.717) is 0 Å². The smallest absolute Gasteiger partial charge is 0.333 e. The van der Waals surface area contributed by atoms with Crippen molar-refractivity contribution >= 4 is 68.7 Å². The highest BCUT2D eigenvalue weighted by atomic mass is 32.2. The van der Waals surface area contributed by atoms with Crippen molar-refractivity contribution in [1.29, 1.82) is 0 Å². The molecule has 14 rings (SSSR count). The van der Waals surface area contributed by atoms with Crippen LogP contribution in [0.4, 0.5) is 28.4 Å². The molecule has 3 aliphatic heterocycles. The summed E-state index contributed by atoms with van der Waals surface area (Å²) in [6.45, 7) is 21.9. The zero-order valence-electron chi connectivity index (χ0n) is 42.5. The Morgan fingerprint density at radius 1 is 0.451 bits per heavy atom. The van der Waals surface area contributed by atoms with E-state index >= 15 is 0 Å². The van der Waals surface area contributed by atoms with Crippen LogP contribution in [0, 0.1) is 6.92 Å². The first-order valence-corrected chi connectivity index (χ1v) is 26.7. The summed E-state index contributed by atoms with van der Waals surface area (Å²) in [6.07, 6.45) is 2.34. The van der Waals surface area contributed by atoms with Gasteiger partial charge in [0, 0.05) is 59.9 Å². The number of nitrogens with zero attached hydrogens (tertiary/aromatic N) is 2. The largest absolute Gasteiger partial charge is 0.376 e. The van der Waals surface area contributed by atoms with E-state index in [1.54, 1.807) is 0 Å². The van der Waals surface area contributed by atoms with Crippen molar-refractivity contribution < 1.29 is 0 Å². The third kappa shape index (κ3) is 5.86. The Bertz CT molecular complexity index is 3780. The Balaban J connectivity index is 1.17. The number of rotatable bonds is 3. The normalized spacial score (nSPS) is 17.6. The Labute approximate surface area is 424 Å². The highest BCUT2D eigenvalue weighted by molar-refractivity contribution is 7.99. The average Bonchev–Trinajstić information content (AvgIpc) is 3.61. The van der Waals surface area contributed by atoms with Gasteiger partial charge in [-0.2, -0.15) is 0 Å². The van der Waals surface area contributed by atoms with Crippen LogP contribution in [0.1, 0.15) is 107 Å². The molecule has 0 N–H and O–H groups in total. The molecule has 4 heteroatoms. The predicted molar refractivity (Wildman–Crippen MR) is 303 cm³/mol. The molecule has 71 heavy (non-hydrogen) atoms. The van der Waals surface area contributed by atoms with Crippen LogP contribution in [0.25, 0.3) is 44.2 Å². The highest BCUT2D eigenvalue weighted by Gasteiger charge is 2.51. The summed E-state index contributed by atoms with van der Waals surface area (Å²) in [5.41, 5.74) is 26.3. The molecule has 0 radical (unpaired) electrons. The van der Waals surface area contributed by atoms with E-state index in [-0.39, 0.29) is 28.5 Å². The fraction of sp³-hybridized carbons (Fsp3) is 0.224. The molecule has 0 amide bonds. The van der Waals surface area contributed by atoms with E-state index in [2.05, 4.69) is 242 Å². The van der Waals surface area contributed by atoms with Crippen molar-refractivity contribution in [3.8, 4) is 33.4 Å². The van der Waals surface area contributed by atoms with Crippen molar-refractivity contribution in [3.05, 3.63) is 209 Å².